The molecule has 0 radical (unpaired) electrons. The molecule has 0 bridgehead atoms. The Hall–Kier alpha value is -1.31. The minimum atomic E-state index is -3.60. The molecule has 0 amide bonds. The number of ether oxygens (including phenoxy) is 1. The van der Waals surface area contributed by atoms with Crippen LogP contribution in [0.2, 0.25) is 0 Å². The molecule has 1 aromatic rings. The molecule has 0 aliphatic carbocycles. The number of likely N-dealkylation sites (N-methyl/N-ethyl adjacent to an activating group) is 1. The van der Waals surface area contributed by atoms with Gasteiger partial charge in [0.2, 0.25) is 10.0 Å². The van der Waals surface area contributed by atoms with Crippen molar-refractivity contribution in [2.75, 3.05) is 26.0 Å². The van der Waals surface area contributed by atoms with E-state index in [1.54, 1.807) is 0 Å². The highest BCUT2D eigenvalue weighted by Crippen LogP contribution is 2.26. The molecule has 1 aliphatic heterocycles. The second kappa shape index (κ2) is 4.75. The number of nitrogens with zero attached hydrogens (tertiary/aromatic N) is 1. The molecule has 100 valence electrons. The molecule has 7 heteroatoms. The predicted molar refractivity (Wildman–Crippen MR) is 66.7 cm³/mol. The first kappa shape index (κ1) is 13.1. The Kier molecular flexibility index (Phi) is 3.47. The minimum absolute atomic E-state index is 0.0483. The van der Waals surface area contributed by atoms with Gasteiger partial charge in [0.25, 0.3) is 0 Å². The predicted octanol–water partition coefficient (Wildman–Crippen LogP) is 0.384. The highest BCUT2D eigenvalue weighted by Gasteiger charge is 2.30. The maximum atomic E-state index is 12.3. The monoisotopic (exact) mass is 272 g/mol. The van der Waals surface area contributed by atoms with Crippen LogP contribution in [0.25, 0.3) is 0 Å². The average Bonchev–Trinajstić information content (AvgIpc) is 2.85. The van der Waals surface area contributed by atoms with Crippen molar-refractivity contribution >= 4 is 15.7 Å². The van der Waals surface area contributed by atoms with Crippen LogP contribution in [0.3, 0.4) is 0 Å². The Balaban J connectivity index is 2.32. The molecule has 1 unspecified atom stereocenters. The minimum Gasteiger partial charge on any atom is -0.506 e. The topological polar surface area (TPSA) is 92.9 Å². The molecule has 1 fully saturated rings. The summed E-state index contributed by atoms with van der Waals surface area (Å²) in [6.07, 6.45) is 0.684. The lowest BCUT2D eigenvalue weighted by molar-refractivity contribution is 0.181. The van der Waals surface area contributed by atoms with Crippen LogP contribution < -0.4 is 5.73 Å². The lowest BCUT2D eigenvalue weighted by Crippen LogP contribution is -2.37. The van der Waals surface area contributed by atoms with Crippen LogP contribution >= 0.6 is 0 Å². The maximum absolute atomic E-state index is 12.3. The van der Waals surface area contributed by atoms with Crippen LogP contribution in [0.4, 0.5) is 5.69 Å². The van der Waals surface area contributed by atoms with Gasteiger partial charge in [-0.3, -0.25) is 0 Å². The first-order valence-corrected chi connectivity index (χ1v) is 7.01. The number of sulfonamides is 1. The fraction of sp³-hybridized carbons (Fsp3) is 0.455. The van der Waals surface area contributed by atoms with Crippen LogP contribution in [-0.4, -0.2) is 44.1 Å². The van der Waals surface area contributed by atoms with Crippen LogP contribution in [-0.2, 0) is 14.8 Å². The van der Waals surface area contributed by atoms with E-state index >= 15 is 0 Å². The molecular weight excluding hydrogens is 256 g/mol. The second-order valence-corrected chi connectivity index (χ2v) is 6.26. The lowest BCUT2D eigenvalue weighted by Gasteiger charge is -2.22. The number of nitrogen functional groups attached to an aromatic ring is 1. The van der Waals surface area contributed by atoms with Crippen molar-refractivity contribution in [3.8, 4) is 5.75 Å². The summed E-state index contributed by atoms with van der Waals surface area (Å²) in [6, 6.07) is 3.73. The second-order valence-electron chi connectivity index (χ2n) is 4.26. The maximum Gasteiger partial charge on any atom is 0.243 e. The number of phenolic OH excluding ortho intramolecular Hbond substituents is 1. The first-order valence-electron chi connectivity index (χ1n) is 5.57. The molecule has 6 nitrogen and oxygen atoms in total. The summed E-state index contributed by atoms with van der Waals surface area (Å²) >= 11 is 0. The molecule has 3 N–H and O–H groups in total. The zero-order valence-electron chi connectivity index (χ0n) is 10.0. The van der Waals surface area contributed by atoms with Crippen molar-refractivity contribution < 1.29 is 18.3 Å². The summed E-state index contributed by atoms with van der Waals surface area (Å²) in [5.41, 5.74) is 5.56. The van der Waals surface area contributed by atoms with E-state index in [4.69, 9.17) is 10.5 Å². The Labute approximate surface area is 106 Å². The number of rotatable bonds is 3. The number of hydrogen-bond acceptors (Lipinski definition) is 5. The van der Waals surface area contributed by atoms with Crippen molar-refractivity contribution in [2.45, 2.75) is 17.4 Å². The zero-order valence-corrected chi connectivity index (χ0v) is 10.9. The van der Waals surface area contributed by atoms with E-state index in [0.29, 0.717) is 19.6 Å². The van der Waals surface area contributed by atoms with E-state index in [-0.39, 0.29) is 22.4 Å². The van der Waals surface area contributed by atoms with E-state index < -0.39 is 10.0 Å². The van der Waals surface area contributed by atoms with Crippen molar-refractivity contribution in [1.29, 1.82) is 0 Å². The van der Waals surface area contributed by atoms with Crippen molar-refractivity contribution in [2.24, 2.45) is 0 Å². The highest BCUT2D eigenvalue weighted by molar-refractivity contribution is 7.89. The SMILES string of the molecule is CN(C1CCOC1)S(=O)(=O)c1ccc(O)c(N)c1. The van der Waals surface area contributed by atoms with Gasteiger partial charge in [0.05, 0.1) is 23.2 Å². The van der Waals surface area contributed by atoms with E-state index in [1.165, 1.54) is 29.6 Å². The molecule has 2 rings (SSSR count). The standard InChI is InChI=1S/C11H16N2O4S/c1-13(8-4-5-17-7-8)18(15,16)9-2-3-11(14)10(12)6-9/h2-3,6,8,14H,4-5,7,12H2,1H3. The van der Waals surface area contributed by atoms with Crippen LogP contribution in [0, 0.1) is 0 Å². The third-order valence-electron chi connectivity index (χ3n) is 3.10. The molecule has 18 heavy (non-hydrogen) atoms. The van der Waals surface area contributed by atoms with E-state index in [2.05, 4.69) is 0 Å². The van der Waals surface area contributed by atoms with Gasteiger partial charge in [-0.1, -0.05) is 0 Å². The Morgan fingerprint density at radius 2 is 2.22 bits per heavy atom. The molecule has 1 atom stereocenters. The van der Waals surface area contributed by atoms with Gasteiger partial charge in [0.15, 0.2) is 0 Å². The van der Waals surface area contributed by atoms with Gasteiger partial charge in [-0.15, -0.1) is 0 Å². The molecule has 0 spiro atoms. The number of phenols is 1. The van der Waals surface area contributed by atoms with Crippen LogP contribution in [0.5, 0.6) is 5.75 Å². The van der Waals surface area contributed by atoms with Crippen molar-refractivity contribution in [1.82, 2.24) is 4.31 Å². The smallest absolute Gasteiger partial charge is 0.243 e. The van der Waals surface area contributed by atoms with Crippen LogP contribution in [0.1, 0.15) is 6.42 Å². The molecule has 1 aromatic carbocycles. The Morgan fingerprint density at radius 3 is 2.78 bits per heavy atom. The number of nitrogens with two attached hydrogens (primary N) is 1. The fourth-order valence-electron chi connectivity index (χ4n) is 1.86. The lowest BCUT2D eigenvalue weighted by atomic mass is 10.3. The summed E-state index contributed by atoms with van der Waals surface area (Å²) in [4.78, 5) is 0.0761. The average molecular weight is 272 g/mol. The molecule has 1 heterocycles. The van der Waals surface area contributed by atoms with Gasteiger partial charge >= 0.3 is 0 Å². The normalized spacial score (nSPS) is 20.4. The van der Waals surface area contributed by atoms with Crippen molar-refractivity contribution in [3.05, 3.63) is 18.2 Å². The van der Waals surface area contributed by atoms with E-state index in [1.807, 2.05) is 0 Å². The summed E-state index contributed by atoms with van der Waals surface area (Å²) in [6.45, 7) is 0.978. The van der Waals surface area contributed by atoms with E-state index in [0.717, 1.165) is 0 Å². The number of anilines is 1. The summed E-state index contributed by atoms with van der Waals surface area (Å²) in [5, 5.41) is 9.31. The fourth-order valence-corrected chi connectivity index (χ4v) is 3.27. The Bertz CT molecular complexity index is 538. The molecule has 0 aromatic heterocycles. The summed E-state index contributed by atoms with van der Waals surface area (Å²) in [5.74, 6) is -0.124. The summed E-state index contributed by atoms with van der Waals surface area (Å²) in [7, 11) is -2.07. The molecule has 0 saturated carbocycles. The van der Waals surface area contributed by atoms with Gasteiger partial charge in [-0.25, -0.2) is 8.42 Å². The molecule has 1 aliphatic rings. The quantitative estimate of drug-likeness (QED) is 0.613. The third kappa shape index (κ3) is 2.29. The first-order chi connectivity index (χ1) is 8.43. The Morgan fingerprint density at radius 1 is 1.50 bits per heavy atom. The number of hydrogen-bond donors (Lipinski definition) is 2. The highest BCUT2D eigenvalue weighted by atomic mass is 32.2. The van der Waals surface area contributed by atoms with Gasteiger partial charge in [0.1, 0.15) is 5.75 Å². The molecule has 1 saturated heterocycles. The van der Waals surface area contributed by atoms with Crippen LogP contribution in [0.15, 0.2) is 23.1 Å². The van der Waals surface area contributed by atoms with Gasteiger partial charge in [-0.05, 0) is 24.6 Å². The van der Waals surface area contributed by atoms with Gasteiger partial charge < -0.3 is 15.6 Å². The largest absolute Gasteiger partial charge is 0.506 e. The molecular formula is C11H16N2O4S. The number of aromatic hydroxyl groups is 1. The van der Waals surface area contributed by atoms with Crippen molar-refractivity contribution in [3.63, 3.8) is 0 Å². The third-order valence-corrected chi connectivity index (χ3v) is 5.00. The zero-order chi connectivity index (χ0) is 13.3. The van der Waals surface area contributed by atoms with Gasteiger partial charge in [0, 0.05) is 13.7 Å². The summed E-state index contributed by atoms with van der Waals surface area (Å²) < 4.78 is 31.1. The number of benzene rings is 1. The van der Waals surface area contributed by atoms with Gasteiger partial charge in [-0.2, -0.15) is 4.31 Å². The van der Waals surface area contributed by atoms with E-state index in [9.17, 15) is 13.5 Å².